The van der Waals surface area contributed by atoms with Crippen molar-refractivity contribution in [3.8, 4) is 23.0 Å². The summed E-state index contributed by atoms with van der Waals surface area (Å²) in [5.41, 5.74) is 0.782. The number of methoxy groups -OCH3 is 2. The van der Waals surface area contributed by atoms with Crippen molar-refractivity contribution in [3.63, 3.8) is 0 Å². The van der Waals surface area contributed by atoms with Crippen LogP contribution in [0, 0.1) is 0 Å². The Morgan fingerprint density at radius 2 is 1.86 bits per heavy atom. The first-order valence-electron chi connectivity index (χ1n) is 6.52. The molecular weight excluding hydrogens is 284 g/mol. The van der Waals surface area contributed by atoms with E-state index in [1.54, 1.807) is 24.3 Å². The van der Waals surface area contributed by atoms with Gasteiger partial charge in [-0.15, -0.1) is 0 Å². The lowest BCUT2D eigenvalue weighted by Gasteiger charge is -2.09. The lowest BCUT2D eigenvalue weighted by molar-refractivity contribution is 0.104. The summed E-state index contributed by atoms with van der Waals surface area (Å²) in [6, 6.07) is 9.13. The predicted octanol–water partition coefficient (Wildman–Crippen LogP) is 3.01. The van der Waals surface area contributed by atoms with Crippen LogP contribution < -0.4 is 9.47 Å². The number of phenols is 2. The predicted molar refractivity (Wildman–Crippen MR) is 82.7 cm³/mol. The summed E-state index contributed by atoms with van der Waals surface area (Å²) in [7, 11) is 3.05. The molecule has 0 bridgehead atoms. The monoisotopic (exact) mass is 300 g/mol. The smallest absolute Gasteiger partial charge is 0.189 e. The summed E-state index contributed by atoms with van der Waals surface area (Å²) in [4.78, 5) is 12.1. The highest BCUT2D eigenvalue weighted by Crippen LogP contribution is 2.31. The van der Waals surface area contributed by atoms with Crippen LogP contribution in [0.15, 0.2) is 42.5 Å². The van der Waals surface area contributed by atoms with Crippen LogP contribution in [-0.4, -0.2) is 30.2 Å². The Bertz CT molecular complexity index is 719. The highest BCUT2D eigenvalue weighted by Gasteiger charge is 2.10. The summed E-state index contributed by atoms with van der Waals surface area (Å²) in [6.07, 6.45) is 2.90. The fourth-order valence-corrected chi connectivity index (χ4v) is 2.03. The Hall–Kier alpha value is -2.95. The molecule has 2 rings (SSSR count). The molecule has 5 nitrogen and oxygen atoms in total. The van der Waals surface area contributed by atoms with Crippen LogP contribution in [0.25, 0.3) is 6.08 Å². The summed E-state index contributed by atoms with van der Waals surface area (Å²) < 4.78 is 10.5. The number of para-hydroxylation sites is 1. The summed E-state index contributed by atoms with van der Waals surface area (Å²) in [6.45, 7) is 0. The number of hydrogen-bond acceptors (Lipinski definition) is 5. The van der Waals surface area contributed by atoms with E-state index in [9.17, 15) is 15.0 Å². The van der Waals surface area contributed by atoms with Gasteiger partial charge in [0.2, 0.25) is 0 Å². The van der Waals surface area contributed by atoms with Crippen LogP contribution in [0.5, 0.6) is 23.0 Å². The van der Waals surface area contributed by atoms with Gasteiger partial charge >= 0.3 is 0 Å². The molecule has 0 saturated carbocycles. The van der Waals surface area contributed by atoms with Gasteiger partial charge in [-0.2, -0.15) is 0 Å². The van der Waals surface area contributed by atoms with Crippen molar-refractivity contribution in [2.75, 3.05) is 14.2 Å². The van der Waals surface area contributed by atoms with E-state index in [0.717, 1.165) is 6.07 Å². The zero-order valence-corrected chi connectivity index (χ0v) is 12.2. The molecule has 0 fully saturated rings. The maximum absolute atomic E-state index is 12.1. The Labute approximate surface area is 128 Å². The van der Waals surface area contributed by atoms with Gasteiger partial charge in [-0.3, -0.25) is 4.79 Å². The van der Waals surface area contributed by atoms with Crippen LogP contribution in [0.3, 0.4) is 0 Å². The number of rotatable bonds is 5. The average molecular weight is 300 g/mol. The van der Waals surface area contributed by atoms with Crippen molar-refractivity contribution >= 4 is 11.9 Å². The first-order valence-corrected chi connectivity index (χ1v) is 6.52. The van der Waals surface area contributed by atoms with Gasteiger partial charge in [0.05, 0.1) is 19.8 Å². The zero-order valence-electron chi connectivity index (χ0n) is 12.2. The Balaban J connectivity index is 2.30. The second-order valence-electron chi connectivity index (χ2n) is 4.48. The molecule has 0 saturated heterocycles. The number of aromatic hydroxyl groups is 2. The van der Waals surface area contributed by atoms with E-state index in [4.69, 9.17) is 9.47 Å². The molecule has 0 amide bonds. The van der Waals surface area contributed by atoms with Crippen molar-refractivity contribution in [2.24, 2.45) is 0 Å². The minimum Gasteiger partial charge on any atom is -0.508 e. The van der Waals surface area contributed by atoms with Gasteiger partial charge in [0.25, 0.3) is 0 Å². The molecule has 2 N–H and O–H groups in total. The highest BCUT2D eigenvalue weighted by atomic mass is 16.5. The van der Waals surface area contributed by atoms with Gasteiger partial charge < -0.3 is 19.7 Å². The fourth-order valence-electron chi connectivity index (χ4n) is 2.03. The summed E-state index contributed by atoms with van der Waals surface area (Å²) in [5.74, 6) is 0.315. The first kappa shape index (κ1) is 15.4. The summed E-state index contributed by atoms with van der Waals surface area (Å²) in [5, 5.41) is 18.9. The van der Waals surface area contributed by atoms with Gasteiger partial charge in [0, 0.05) is 11.6 Å². The highest BCUT2D eigenvalue weighted by molar-refractivity contribution is 6.08. The third kappa shape index (κ3) is 3.20. The van der Waals surface area contributed by atoms with E-state index in [1.165, 1.54) is 32.4 Å². The SMILES string of the molecule is COc1cccc(C=CC(=O)c2ccc(O)cc2O)c1OC. The number of ketones is 1. The normalized spacial score (nSPS) is 10.6. The first-order chi connectivity index (χ1) is 10.6. The molecule has 0 spiro atoms. The van der Waals surface area contributed by atoms with Gasteiger partial charge in [0.15, 0.2) is 17.3 Å². The average Bonchev–Trinajstić information content (AvgIpc) is 2.51. The third-order valence-electron chi connectivity index (χ3n) is 3.09. The molecule has 0 aliphatic carbocycles. The van der Waals surface area contributed by atoms with Crippen molar-refractivity contribution < 1.29 is 24.5 Å². The van der Waals surface area contributed by atoms with Crippen LogP contribution in [0.4, 0.5) is 0 Å². The molecule has 5 heteroatoms. The molecule has 0 unspecified atom stereocenters. The number of benzene rings is 2. The Kier molecular flexibility index (Phi) is 4.68. The van der Waals surface area contributed by atoms with Crippen molar-refractivity contribution in [1.82, 2.24) is 0 Å². The van der Waals surface area contributed by atoms with Crippen molar-refractivity contribution in [1.29, 1.82) is 0 Å². The second kappa shape index (κ2) is 6.67. The molecule has 22 heavy (non-hydrogen) atoms. The number of phenolic OH excluding ortho intramolecular Hbond substituents is 2. The standard InChI is InChI=1S/C17H16O5/c1-21-16-5-3-4-11(17(16)22-2)6-9-14(19)13-8-7-12(18)10-15(13)20/h3-10,18,20H,1-2H3. The molecule has 0 aliphatic heterocycles. The van der Waals surface area contributed by atoms with E-state index >= 15 is 0 Å². The minimum atomic E-state index is -0.387. The van der Waals surface area contributed by atoms with E-state index in [-0.39, 0.29) is 22.8 Å². The number of carbonyl (C=O) groups is 1. The van der Waals surface area contributed by atoms with Crippen molar-refractivity contribution in [2.45, 2.75) is 0 Å². The number of ether oxygens (including phenoxy) is 2. The number of allylic oxidation sites excluding steroid dienone is 1. The van der Waals surface area contributed by atoms with E-state index in [1.807, 2.05) is 0 Å². The van der Waals surface area contributed by atoms with Gasteiger partial charge in [-0.25, -0.2) is 0 Å². The molecule has 0 aliphatic rings. The molecule has 0 heterocycles. The van der Waals surface area contributed by atoms with E-state index in [0.29, 0.717) is 17.1 Å². The minimum absolute atomic E-state index is 0.104. The number of carbonyl (C=O) groups excluding carboxylic acids is 1. The molecule has 114 valence electrons. The van der Waals surface area contributed by atoms with Gasteiger partial charge in [-0.05, 0) is 30.4 Å². The third-order valence-corrected chi connectivity index (χ3v) is 3.09. The maximum Gasteiger partial charge on any atom is 0.189 e. The molecule has 0 atom stereocenters. The lowest BCUT2D eigenvalue weighted by Crippen LogP contribution is -1.96. The quantitative estimate of drug-likeness (QED) is 0.655. The van der Waals surface area contributed by atoms with E-state index < -0.39 is 0 Å². The number of hydrogen-bond donors (Lipinski definition) is 2. The second-order valence-corrected chi connectivity index (χ2v) is 4.48. The Morgan fingerprint density at radius 3 is 2.50 bits per heavy atom. The van der Waals surface area contributed by atoms with Gasteiger partial charge in [0.1, 0.15) is 11.5 Å². The van der Waals surface area contributed by atoms with Crippen molar-refractivity contribution in [3.05, 3.63) is 53.6 Å². The fraction of sp³-hybridized carbons (Fsp3) is 0.118. The maximum atomic E-state index is 12.1. The topological polar surface area (TPSA) is 76.0 Å². The zero-order chi connectivity index (χ0) is 16.1. The van der Waals surface area contributed by atoms with Crippen LogP contribution >= 0.6 is 0 Å². The molecular formula is C17H16O5. The molecule has 0 radical (unpaired) electrons. The van der Waals surface area contributed by atoms with E-state index in [2.05, 4.69) is 0 Å². The van der Waals surface area contributed by atoms with Crippen LogP contribution in [0.1, 0.15) is 15.9 Å². The Morgan fingerprint density at radius 1 is 1.09 bits per heavy atom. The largest absolute Gasteiger partial charge is 0.508 e. The van der Waals surface area contributed by atoms with Crippen LogP contribution in [-0.2, 0) is 0 Å². The summed E-state index contributed by atoms with van der Waals surface area (Å²) >= 11 is 0. The molecule has 0 aromatic heterocycles. The molecule has 2 aromatic carbocycles. The lowest BCUT2D eigenvalue weighted by atomic mass is 10.1. The molecule has 2 aromatic rings. The van der Waals surface area contributed by atoms with Gasteiger partial charge in [-0.1, -0.05) is 12.1 Å². The van der Waals surface area contributed by atoms with Crippen LogP contribution in [0.2, 0.25) is 0 Å².